The van der Waals surface area contributed by atoms with Gasteiger partial charge in [0.2, 0.25) is 10.0 Å². The highest BCUT2D eigenvalue weighted by molar-refractivity contribution is 7.88. The van der Waals surface area contributed by atoms with Crippen LogP contribution in [0.25, 0.3) is 0 Å². The number of rotatable bonds is 7. The highest BCUT2D eigenvalue weighted by Gasteiger charge is 2.13. The zero-order chi connectivity index (χ0) is 16.7. The molecule has 0 unspecified atom stereocenters. The molecule has 0 spiro atoms. The highest BCUT2D eigenvalue weighted by Crippen LogP contribution is 2.15. The molecule has 0 bridgehead atoms. The Morgan fingerprint density at radius 1 is 1.13 bits per heavy atom. The maximum absolute atomic E-state index is 12.0. The monoisotopic (exact) mass is 330 g/mol. The molecule has 0 saturated heterocycles. The molecular formula is C17H18N2O3S. The lowest BCUT2D eigenvalue weighted by molar-refractivity contribution is 0.169. The van der Waals surface area contributed by atoms with Crippen LogP contribution in [0.1, 0.15) is 29.2 Å². The Kier molecular flexibility index (Phi) is 5.88. The Hall–Kier alpha value is -2.20. The van der Waals surface area contributed by atoms with Crippen LogP contribution in [0.2, 0.25) is 0 Å². The van der Waals surface area contributed by atoms with Gasteiger partial charge in [-0.2, -0.15) is 5.26 Å². The van der Waals surface area contributed by atoms with Crippen molar-refractivity contribution in [1.29, 1.82) is 5.26 Å². The van der Waals surface area contributed by atoms with Gasteiger partial charge in [-0.1, -0.05) is 42.5 Å². The van der Waals surface area contributed by atoms with E-state index < -0.39 is 16.1 Å². The van der Waals surface area contributed by atoms with Crippen molar-refractivity contribution >= 4 is 10.0 Å². The SMILES string of the molecule is N#Cc1cccc(CS(=O)(=O)NCC[C@H](O)c2ccccc2)c1. The van der Waals surface area contributed by atoms with Crippen molar-refractivity contribution in [3.05, 3.63) is 71.3 Å². The third-order valence-electron chi connectivity index (χ3n) is 3.34. The molecule has 0 aliphatic carbocycles. The second-order valence-electron chi connectivity index (χ2n) is 5.18. The molecule has 2 aromatic carbocycles. The summed E-state index contributed by atoms with van der Waals surface area (Å²) in [6.45, 7) is 0.149. The number of nitrogens with one attached hydrogen (secondary N) is 1. The summed E-state index contributed by atoms with van der Waals surface area (Å²) in [5.74, 6) is -0.191. The van der Waals surface area contributed by atoms with Crippen LogP contribution in [0, 0.1) is 11.3 Å². The number of hydrogen-bond donors (Lipinski definition) is 2. The maximum atomic E-state index is 12.0. The van der Waals surface area contributed by atoms with Crippen LogP contribution in [0.5, 0.6) is 0 Å². The van der Waals surface area contributed by atoms with E-state index in [1.807, 2.05) is 24.3 Å². The maximum Gasteiger partial charge on any atom is 0.215 e. The molecule has 0 radical (unpaired) electrons. The van der Waals surface area contributed by atoms with Crippen molar-refractivity contribution in [2.24, 2.45) is 0 Å². The third kappa shape index (κ3) is 5.49. The fourth-order valence-corrected chi connectivity index (χ4v) is 3.34. The standard InChI is InChI=1S/C17H18N2O3S/c18-12-14-5-4-6-15(11-14)13-23(21,22)19-10-9-17(20)16-7-2-1-3-8-16/h1-8,11,17,19-20H,9-10,13H2/t17-/m0/s1. The van der Waals surface area contributed by atoms with E-state index in [4.69, 9.17) is 5.26 Å². The van der Waals surface area contributed by atoms with E-state index in [0.29, 0.717) is 17.5 Å². The molecule has 23 heavy (non-hydrogen) atoms. The molecule has 2 rings (SSSR count). The molecule has 0 fully saturated rings. The summed E-state index contributed by atoms with van der Waals surface area (Å²) in [5.41, 5.74) is 1.74. The molecule has 0 aliphatic heterocycles. The minimum atomic E-state index is -3.51. The van der Waals surface area contributed by atoms with Gasteiger partial charge in [-0.05, 0) is 29.7 Å². The van der Waals surface area contributed by atoms with Crippen LogP contribution in [0.15, 0.2) is 54.6 Å². The van der Waals surface area contributed by atoms with Gasteiger partial charge in [-0.25, -0.2) is 13.1 Å². The van der Waals surface area contributed by atoms with Crippen LogP contribution in [-0.4, -0.2) is 20.1 Å². The molecule has 6 heteroatoms. The van der Waals surface area contributed by atoms with Crippen LogP contribution >= 0.6 is 0 Å². The van der Waals surface area contributed by atoms with Gasteiger partial charge in [0, 0.05) is 6.54 Å². The van der Waals surface area contributed by atoms with Crippen molar-refractivity contribution < 1.29 is 13.5 Å². The van der Waals surface area contributed by atoms with Gasteiger partial charge in [0.05, 0.1) is 23.5 Å². The molecular weight excluding hydrogens is 312 g/mol. The van der Waals surface area contributed by atoms with Gasteiger partial charge in [-0.15, -0.1) is 0 Å². The summed E-state index contributed by atoms with van der Waals surface area (Å²) in [4.78, 5) is 0. The first-order chi connectivity index (χ1) is 11.0. The largest absolute Gasteiger partial charge is 0.388 e. The Balaban J connectivity index is 1.88. The number of nitrogens with zero attached hydrogens (tertiary/aromatic N) is 1. The van der Waals surface area contributed by atoms with E-state index in [1.165, 1.54) is 0 Å². The summed E-state index contributed by atoms with van der Waals surface area (Å²) in [5, 5.41) is 18.8. The lowest BCUT2D eigenvalue weighted by Gasteiger charge is -2.12. The molecule has 0 amide bonds. The van der Waals surface area contributed by atoms with E-state index in [0.717, 1.165) is 5.56 Å². The Labute approximate surface area is 136 Å². The average Bonchev–Trinajstić information content (AvgIpc) is 2.55. The summed E-state index contributed by atoms with van der Waals surface area (Å²) in [6, 6.07) is 17.6. The van der Waals surface area contributed by atoms with Gasteiger partial charge >= 0.3 is 0 Å². The average molecular weight is 330 g/mol. The van der Waals surface area contributed by atoms with Gasteiger partial charge in [-0.3, -0.25) is 0 Å². The van der Waals surface area contributed by atoms with Crippen molar-refractivity contribution in [3.8, 4) is 6.07 Å². The minimum absolute atomic E-state index is 0.149. The van der Waals surface area contributed by atoms with E-state index in [9.17, 15) is 13.5 Å². The number of aliphatic hydroxyl groups is 1. The van der Waals surface area contributed by atoms with E-state index in [-0.39, 0.29) is 12.3 Å². The molecule has 0 aliphatic rings. The first kappa shape index (κ1) is 17.2. The first-order valence-electron chi connectivity index (χ1n) is 7.19. The molecule has 0 aromatic heterocycles. The smallest absolute Gasteiger partial charge is 0.215 e. The van der Waals surface area contributed by atoms with Crippen molar-refractivity contribution in [1.82, 2.24) is 4.72 Å². The molecule has 120 valence electrons. The van der Waals surface area contributed by atoms with Crippen LogP contribution < -0.4 is 4.72 Å². The van der Waals surface area contributed by atoms with Crippen LogP contribution in [0.4, 0.5) is 0 Å². The second kappa shape index (κ2) is 7.88. The van der Waals surface area contributed by atoms with Crippen LogP contribution in [-0.2, 0) is 15.8 Å². The number of hydrogen-bond acceptors (Lipinski definition) is 4. The topological polar surface area (TPSA) is 90.2 Å². The van der Waals surface area contributed by atoms with E-state index in [2.05, 4.69) is 4.72 Å². The predicted molar refractivity (Wildman–Crippen MR) is 87.8 cm³/mol. The number of sulfonamides is 1. The predicted octanol–water partition coefficient (Wildman–Crippen LogP) is 2.10. The lowest BCUT2D eigenvalue weighted by atomic mass is 10.1. The Bertz CT molecular complexity index is 783. The number of benzene rings is 2. The number of aliphatic hydroxyl groups excluding tert-OH is 1. The molecule has 0 heterocycles. The third-order valence-corrected chi connectivity index (χ3v) is 4.69. The summed E-state index contributed by atoms with van der Waals surface area (Å²) in [7, 11) is -3.51. The zero-order valence-electron chi connectivity index (χ0n) is 12.5. The van der Waals surface area contributed by atoms with Crippen LogP contribution in [0.3, 0.4) is 0 Å². The first-order valence-corrected chi connectivity index (χ1v) is 8.85. The molecule has 0 saturated carbocycles. The van der Waals surface area contributed by atoms with Gasteiger partial charge in [0.15, 0.2) is 0 Å². The van der Waals surface area contributed by atoms with Crippen molar-refractivity contribution in [3.63, 3.8) is 0 Å². The quantitative estimate of drug-likeness (QED) is 0.813. The fourth-order valence-electron chi connectivity index (χ4n) is 2.19. The number of nitriles is 1. The molecule has 1 atom stereocenters. The van der Waals surface area contributed by atoms with Gasteiger partial charge < -0.3 is 5.11 Å². The van der Waals surface area contributed by atoms with Gasteiger partial charge in [0.1, 0.15) is 0 Å². The normalized spacial score (nSPS) is 12.5. The molecule has 2 N–H and O–H groups in total. The Morgan fingerprint density at radius 2 is 1.87 bits per heavy atom. The second-order valence-corrected chi connectivity index (χ2v) is 6.99. The highest BCUT2D eigenvalue weighted by atomic mass is 32.2. The van der Waals surface area contributed by atoms with E-state index >= 15 is 0 Å². The van der Waals surface area contributed by atoms with Crippen molar-refractivity contribution in [2.45, 2.75) is 18.3 Å². The molecule has 2 aromatic rings. The summed E-state index contributed by atoms with van der Waals surface area (Å²) in [6.07, 6.45) is -0.414. The summed E-state index contributed by atoms with van der Waals surface area (Å²) < 4.78 is 26.6. The molecule has 5 nitrogen and oxygen atoms in total. The lowest BCUT2D eigenvalue weighted by Crippen LogP contribution is -2.27. The Morgan fingerprint density at radius 3 is 2.57 bits per heavy atom. The summed E-state index contributed by atoms with van der Waals surface area (Å²) >= 11 is 0. The van der Waals surface area contributed by atoms with Gasteiger partial charge in [0.25, 0.3) is 0 Å². The fraction of sp³-hybridized carbons (Fsp3) is 0.235. The van der Waals surface area contributed by atoms with E-state index in [1.54, 1.807) is 36.4 Å². The zero-order valence-corrected chi connectivity index (χ0v) is 13.3. The van der Waals surface area contributed by atoms with Crippen molar-refractivity contribution in [2.75, 3.05) is 6.54 Å². The minimum Gasteiger partial charge on any atom is -0.388 e.